The largest absolute Gasteiger partial charge is 0.434 e. The molecule has 0 radical (unpaired) electrons. The van der Waals surface area contributed by atoms with E-state index in [0.717, 1.165) is 0 Å². The van der Waals surface area contributed by atoms with E-state index in [-0.39, 0.29) is 10.0 Å². The van der Waals surface area contributed by atoms with Crippen LogP contribution in [0.5, 0.6) is 0 Å². The number of aliphatic hydroxyl groups is 1. The summed E-state index contributed by atoms with van der Waals surface area (Å²) in [6.45, 7) is 0. The van der Waals surface area contributed by atoms with Crippen LogP contribution in [-0.2, 0) is 12.4 Å². The highest BCUT2D eigenvalue weighted by Gasteiger charge is 2.36. The standard InChI is InChI=1S/C9H4F6N2OS2/c10-8(11,12)3-1-19-6(16-3)5(18)7-17-4(2-20-7)9(13,14)15/h1-2,5,18H. The Morgan fingerprint density at radius 2 is 1.20 bits per heavy atom. The smallest absolute Gasteiger partial charge is 0.379 e. The molecule has 0 saturated heterocycles. The van der Waals surface area contributed by atoms with E-state index in [1.807, 2.05) is 0 Å². The summed E-state index contributed by atoms with van der Waals surface area (Å²) in [5.41, 5.74) is -2.41. The molecule has 0 bridgehead atoms. The minimum atomic E-state index is -4.67. The first-order valence-corrected chi connectivity index (χ1v) is 6.58. The quantitative estimate of drug-likeness (QED) is 0.852. The SMILES string of the molecule is OC(c1nc(C(F)(F)F)cs1)c1nc(C(F)(F)F)cs1. The maximum atomic E-state index is 12.3. The van der Waals surface area contributed by atoms with Crippen LogP contribution in [0.15, 0.2) is 10.8 Å². The van der Waals surface area contributed by atoms with E-state index in [4.69, 9.17) is 0 Å². The first-order chi connectivity index (χ1) is 9.09. The third kappa shape index (κ3) is 3.10. The molecule has 0 fully saturated rings. The van der Waals surface area contributed by atoms with Gasteiger partial charge in [-0.15, -0.1) is 22.7 Å². The molecule has 110 valence electrons. The van der Waals surface area contributed by atoms with Crippen LogP contribution < -0.4 is 0 Å². The van der Waals surface area contributed by atoms with Crippen LogP contribution in [0.3, 0.4) is 0 Å². The molecule has 11 heteroatoms. The lowest BCUT2D eigenvalue weighted by molar-refractivity contribution is -0.141. The number of thiazole rings is 2. The molecular weight excluding hydrogens is 330 g/mol. The average Bonchev–Trinajstić information content (AvgIpc) is 2.96. The van der Waals surface area contributed by atoms with Gasteiger partial charge in [0, 0.05) is 10.8 Å². The highest BCUT2D eigenvalue weighted by atomic mass is 32.1. The number of hydrogen-bond donors (Lipinski definition) is 1. The van der Waals surface area contributed by atoms with Crippen molar-refractivity contribution < 1.29 is 31.4 Å². The van der Waals surface area contributed by atoms with Crippen LogP contribution in [0.1, 0.15) is 27.5 Å². The predicted octanol–water partition coefficient (Wildman–Crippen LogP) is 3.72. The summed E-state index contributed by atoms with van der Waals surface area (Å²) in [7, 11) is 0. The highest BCUT2D eigenvalue weighted by molar-refractivity contribution is 7.11. The Morgan fingerprint density at radius 3 is 1.45 bits per heavy atom. The Balaban J connectivity index is 2.25. The van der Waals surface area contributed by atoms with Crippen LogP contribution in [0.25, 0.3) is 0 Å². The second-order valence-electron chi connectivity index (χ2n) is 3.54. The van der Waals surface area contributed by atoms with Gasteiger partial charge < -0.3 is 5.11 Å². The fourth-order valence-electron chi connectivity index (χ4n) is 1.19. The van der Waals surface area contributed by atoms with Crippen molar-refractivity contribution in [3.05, 3.63) is 32.2 Å². The molecule has 2 heterocycles. The van der Waals surface area contributed by atoms with Crippen LogP contribution >= 0.6 is 22.7 Å². The molecule has 1 N–H and O–H groups in total. The topological polar surface area (TPSA) is 46.0 Å². The number of alkyl halides is 6. The average molecular weight is 334 g/mol. The third-order valence-electron chi connectivity index (χ3n) is 2.09. The molecule has 0 spiro atoms. The Hall–Kier alpha value is -1.20. The minimum absolute atomic E-state index is 0.361. The monoisotopic (exact) mass is 334 g/mol. The predicted molar refractivity (Wildman–Crippen MR) is 58.3 cm³/mol. The van der Waals surface area contributed by atoms with Crippen molar-refractivity contribution in [2.45, 2.75) is 18.5 Å². The van der Waals surface area contributed by atoms with Gasteiger partial charge in [0.15, 0.2) is 17.5 Å². The highest BCUT2D eigenvalue weighted by Crippen LogP contribution is 2.36. The normalized spacial score (nSPS) is 13.2. The summed E-state index contributed by atoms with van der Waals surface area (Å²) in [5.74, 6) is 0. The van der Waals surface area contributed by atoms with Gasteiger partial charge in [-0.05, 0) is 0 Å². The number of aromatic nitrogens is 2. The Labute approximate surface area is 115 Å². The Kier molecular flexibility index (Phi) is 3.77. The molecule has 3 nitrogen and oxygen atoms in total. The zero-order valence-electron chi connectivity index (χ0n) is 9.16. The van der Waals surface area contributed by atoms with Gasteiger partial charge >= 0.3 is 12.4 Å². The van der Waals surface area contributed by atoms with E-state index in [1.54, 1.807) is 0 Å². The van der Waals surface area contributed by atoms with Crippen molar-refractivity contribution in [1.29, 1.82) is 0 Å². The van der Waals surface area contributed by atoms with E-state index in [9.17, 15) is 31.4 Å². The lowest BCUT2D eigenvalue weighted by atomic mass is 10.4. The minimum Gasteiger partial charge on any atom is -0.379 e. The van der Waals surface area contributed by atoms with Gasteiger partial charge in [-0.25, -0.2) is 9.97 Å². The van der Waals surface area contributed by atoms with Crippen molar-refractivity contribution in [3.8, 4) is 0 Å². The van der Waals surface area contributed by atoms with E-state index in [0.29, 0.717) is 33.4 Å². The second-order valence-corrected chi connectivity index (χ2v) is 5.32. The molecule has 0 saturated carbocycles. The van der Waals surface area contributed by atoms with Crippen molar-refractivity contribution in [3.63, 3.8) is 0 Å². The van der Waals surface area contributed by atoms with Crippen LogP contribution in [0.4, 0.5) is 26.3 Å². The number of nitrogens with zero attached hydrogens (tertiary/aromatic N) is 2. The first kappa shape index (κ1) is 15.2. The number of rotatable bonds is 2. The van der Waals surface area contributed by atoms with Crippen molar-refractivity contribution in [2.75, 3.05) is 0 Å². The fourth-order valence-corrected chi connectivity index (χ4v) is 2.89. The molecule has 0 aliphatic heterocycles. The van der Waals surface area contributed by atoms with Crippen molar-refractivity contribution in [2.24, 2.45) is 0 Å². The maximum Gasteiger partial charge on any atom is 0.434 e. The molecule has 2 aromatic heterocycles. The zero-order chi connectivity index (χ0) is 15.1. The fraction of sp³-hybridized carbons (Fsp3) is 0.333. The summed E-state index contributed by atoms with van der Waals surface area (Å²) in [4.78, 5) is 6.32. The lowest BCUT2D eigenvalue weighted by Crippen LogP contribution is -2.08. The maximum absolute atomic E-state index is 12.3. The third-order valence-corrected chi connectivity index (χ3v) is 3.89. The molecule has 0 atom stereocenters. The van der Waals surface area contributed by atoms with Gasteiger partial charge in [-0.2, -0.15) is 26.3 Å². The Morgan fingerprint density at radius 1 is 0.850 bits per heavy atom. The number of halogens is 6. The van der Waals surface area contributed by atoms with Gasteiger partial charge in [0.25, 0.3) is 0 Å². The van der Waals surface area contributed by atoms with Crippen molar-refractivity contribution in [1.82, 2.24) is 9.97 Å². The molecule has 0 aliphatic rings. The van der Waals surface area contributed by atoms with Crippen LogP contribution in [0.2, 0.25) is 0 Å². The van der Waals surface area contributed by atoms with Gasteiger partial charge in [0.1, 0.15) is 10.0 Å². The lowest BCUT2D eigenvalue weighted by Gasteiger charge is -2.04. The molecule has 20 heavy (non-hydrogen) atoms. The molecular formula is C9H4F6N2OS2. The molecule has 2 rings (SSSR count). The summed E-state index contributed by atoms with van der Waals surface area (Å²) in [5, 5.41) is 10.3. The number of hydrogen-bond acceptors (Lipinski definition) is 5. The summed E-state index contributed by atoms with van der Waals surface area (Å²) >= 11 is 1.00. The van der Waals surface area contributed by atoms with Gasteiger partial charge in [0.05, 0.1) is 0 Å². The zero-order valence-corrected chi connectivity index (χ0v) is 10.8. The van der Waals surface area contributed by atoms with E-state index >= 15 is 0 Å². The molecule has 0 aromatic carbocycles. The van der Waals surface area contributed by atoms with Crippen molar-refractivity contribution >= 4 is 22.7 Å². The van der Waals surface area contributed by atoms with E-state index < -0.39 is 29.8 Å². The molecule has 0 amide bonds. The molecule has 2 aromatic rings. The molecule has 0 aliphatic carbocycles. The van der Waals surface area contributed by atoms with Crippen LogP contribution in [0, 0.1) is 0 Å². The van der Waals surface area contributed by atoms with Gasteiger partial charge in [0.2, 0.25) is 0 Å². The van der Waals surface area contributed by atoms with Crippen LogP contribution in [-0.4, -0.2) is 15.1 Å². The summed E-state index contributed by atoms with van der Waals surface area (Å²) < 4.78 is 74.0. The number of aliphatic hydroxyl groups excluding tert-OH is 1. The van der Waals surface area contributed by atoms with Gasteiger partial charge in [-0.3, -0.25) is 0 Å². The second kappa shape index (κ2) is 4.97. The van der Waals surface area contributed by atoms with E-state index in [2.05, 4.69) is 9.97 Å². The van der Waals surface area contributed by atoms with E-state index in [1.165, 1.54) is 0 Å². The summed E-state index contributed by atoms with van der Waals surface area (Å²) in [6, 6.07) is 0. The molecule has 0 unspecified atom stereocenters. The van der Waals surface area contributed by atoms with Gasteiger partial charge in [-0.1, -0.05) is 0 Å². The Bertz CT molecular complexity index is 550. The summed E-state index contributed by atoms with van der Waals surface area (Å²) in [6.07, 6.45) is -11.1. The first-order valence-electron chi connectivity index (χ1n) is 4.82.